The van der Waals surface area contributed by atoms with Gasteiger partial charge in [0.1, 0.15) is 14.8 Å². The number of thiophene rings is 1. The first-order valence-electron chi connectivity index (χ1n) is 6.35. The van der Waals surface area contributed by atoms with Crippen molar-refractivity contribution in [3.8, 4) is 0 Å². The van der Waals surface area contributed by atoms with Gasteiger partial charge in [-0.15, -0.1) is 11.3 Å². The van der Waals surface area contributed by atoms with E-state index in [4.69, 9.17) is 10.5 Å². The molecule has 0 aromatic carbocycles. The van der Waals surface area contributed by atoms with Gasteiger partial charge in [-0.25, -0.2) is 13.2 Å². The fraction of sp³-hybridized carbons (Fsp3) is 0.462. The molecule has 118 valence electrons. The number of rotatable bonds is 6. The Morgan fingerprint density at radius 3 is 2.52 bits per heavy atom. The smallest absolute Gasteiger partial charge is 0.350 e. The Labute approximate surface area is 128 Å². The second-order valence-corrected chi connectivity index (χ2v) is 7.63. The van der Waals surface area contributed by atoms with E-state index in [0.29, 0.717) is 11.5 Å². The van der Waals surface area contributed by atoms with Gasteiger partial charge in [-0.1, -0.05) is 11.6 Å². The van der Waals surface area contributed by atoms with Crippen molar-refractivity contribution in [3.63, 3.8) is 0 Å². The van der Waals surface area contributed by atoms with Crippen molar-refractivity contribution in [2.24, 2.45) is 0 Å². The zero-order valence-corrected chi connectivity index (χ0v) is 14.2. The first-order chi connectivity index (χ1) is 9.68. The van der Waals surface area contributed by atoms with Crippen LogP contribution in [0.2, 0.25) is 0 Å². The topological polar surface area (TPSA) is 98.5 Å². The number of allylic oxidation sites excluding steroid dienone is 1. The molecule has 0 spiro atoms. The van der Waals surface area contributed by atoms with E-state index in [9.17, 15) is 13.2 Å². The van der Waals surface area contributed by atoms with Crippen LogP contribution >= 0.6 is 11.3 Å². The Morgan fingerprint density at radius 1 is 1.43 bits per heavy atom. The lowest BCUT2D eigenvalue weighted by molar-refractivity contribution is 0.0533. The van der Waals surface area contributed by atoms with E-state index in [1.165, 1.54) is 0 Å². The molecular weight excluding hydrogens is 312 g/mol. The van der Waals surface area contributed by atoms with Gasteiger partial charge in [-0.2, -0.15) is 0 Å². The lowest BCUT2D eigenvalue weighted by atomic mass is 10.3. The number of nitrogen functional groups attached to an aromatic ring is 1. The molecule has 0 fully saturated rings. The van der Waals surface area contributed by atoms with Gasteiger partial charge in [0, 0.05) is 12.8 Å². The molecule has 1 aromatic rings. The van der Waals surface area contributed by atoms with Crippen LogP contribution < -0.4 is 11.1 Å². The fourth-order valence-electron chi connectivity index (χ4n) is 1.61. The largest absolute Gasteiger partial charge is 0.462 e. The molecule has 0 atom stereocenters. The maximum Gasteiger partial charge on any atom is 0.350 e. The molecule has 0 saturated heterocycles. The van der Waals surface area contributed by atoms with Crippen LogP contribution in [0.5, 0.6) is 0 Å². The molecule has 0 unspecified atom stereocenters. The second kappa shape index (κ2) is 6.95. The van der Waals surface area contributed by atoms with Crippen LogP contribution in [0, 0.1) is 0 Å². The van der Waals surface area contributed by atoms with E-state index >= 15 is 0 Å². The molecule has 0 saturated carbocycles. The van der Waals surface area contributed by atoms with Crippen LogP contribution in [0.3, 0.4) is 0 Å². The van der Waals surface area contributed by atoms with Gasteiger partial charge in [-0.3, -0.25) is 0 Å². The lowest BCUT2D eigenvalue weighted by Crippen LogP contribution is -2.08. The van der Waals surface area contributed by atoms with Crippen molar-refractivity contribution in [1.29, 1.82) is 0 Å². The number of sulfone groups is 1. The summed E-state index contributed by atoms with van der Waals surface area (Å²) < 4.78 is 28.7. The Hall–Kier alpha value is -1.54. The molecule has 3 N–H and O–H groups in total. The van der Waals surface area contributed by atoms with Crippen molar-refractivity contribution in [1.82, 2.24) is 0 Å². The highest BCUT2D eigenvalue weighted by molar-refractivity contribution is 7.91. The van der Waals surface area contributed by atoms with E-state index in [1.807, 2.05) is 19.9 Å². The minimum Gasteiger partial charge on any atom is -0.462 e. The van der Waals surface area contributed by atoms with Gasteiger partial charge >= 0.3 is 5.97 Å². The third-order valence-electron chi connectivity index (χ3n) is 2.50. The summed E-state index contributed by atoms with van der Waals surface area (Å²) in [6.45, 7) is 6.20. The van der Waals surface area contributed by atoms with Crippen LogP contribution in [-0.2, 0) is 14.6 Å². The van der Waals surface area contributed by atoms with Crippen molar-refractivity contribution in [2.75, 3.05) is 30.5 Å². The lowest BCUT2D eigenvalue weighted by Gasteiger charge is -2.04. The van der Waals surface area contributed by atoms with Crippen LogP contribution in [0.4, 0.5) is 10.7 Å². The van der Waals surface area contributed by atoms with Crippen LogP contribution in [0.15, 0.2) is 16.5 Å². The predicted molar refractivity (Wildman–Crippen MR) is 85.7 cm³/mol. The van der Waals surface area contributed by atoms with Gasteiger partial charge in [0.05, 0.1) is 12.3 Å². The molecule has 0 radical (unpaired) electrons. The number of anilines is 2. The molecular formula is C13H20N2O4S2. The third-order valence-corrected chi connectivity index (χ3v) is 4.94. The third kappa shape index (κ3) is 4.47. The van der Waals surface area contributed by atoms with E-state index in [1.54, 1.807) is 6.92 Å². The van der Waals surface area contributed by atoms with Crippen LogP contribution in [0.1, 0.15) is 30.4 Å². The minimum atomic E-state index is -3.55. The number of ether oxygens (including phenoxy) is 1. The summed E-state index contributed by atoms with van der Waals surface area (Å²) in [7, 11) is -3.55. The van der Waals surface area contributed by atoms with Gasteiger partial charge in [-0.05, 0) is 20.8 Å². The summed E-state index contributed by atoms with van der Waals surface area (Å²) in [5.41, 5.74) is 6.87. The second-order valence-electron chi connectivity index (χ2n) is 4.66. The van der Waals surface area contributed by atoms with Gasteiger partial charge < -0.3 is 15.8 Å². The maximum atomic E-state index is 11.9. The molecule has 6 nitrogen and oxygen atoms in total. The summed E-state index contributed by atoms with van der Waals surface area (Å²) >= 11 is 0.994. The highest BCUT2D eigenvalue weighted by Gasteiger charge is 2.27. The van der Waals surface area contributed by atoms with E-state index in [2.05, 4.69) is 5.32 Å². The van der Waals surface area contributed by atoms with E-state index in [-0.39, 0.29) is 22.1 Å². The summed E-state index contributed by atoms with van der Waals surface area (Å²) in [6, 6.07) is 0. The Morgan fingerprint density at radius 2 is 2.05 bits per heavy atom. The Balaban J connectivity index is 3.25. The summed E-state index contributed by atoms with van der Waals surface area (Å²) in [5, 5.41) is 3.34. The van der Waals surface area contributed by atoms with Gasteiger partial charge in [0.15, 0.2) is 9.84 Å². The quantitative estimate of drug-likeness (QED) is 0.612. The predicted octanol–water partition coefficient (Wildman–Crippen LogP) is 2.29. The molecule has 0 aliphatic heterocycles. The summed E-state index contributed by atoms with van der Waals surface area (Å²) in [4.78, 5) is 11.9. The van der Waals surface area contributed by atoms with Crippen molar-refractivity contribution < 1.29 is 17.9 Å². The molecule has 0 amide bonds. The van der Waals surface area contributed by atoms with E-state index in [0.717, 1.165) is 23.2 Å². The zero-order valence-electron chi connectivity index (χ0n) is 12.5. The van der Waals surface area contributed by atoms with Crippen molar-refractivity contribution >= 4 is 37.8 Å². The molecule has 0 bridgehead atoms. The molecule has 0 aliphatic carbocycles. The highest BCUT2D eigenvalue weighted by atomic mass is 32.2. The van der Waals surface area contributed by atoms with Gasteiger partial charge in [0.25, 0.3) is 0 Å². The number of hydrogen-bond acceptors (Lipinski definition) is 7. The average molecular weight is 332 g/mol. The molecule has 1 aromatic heterocycles. The number of hydrogen-bond donors (Lipinski definition) is 2. The molecule has 1 heterocycles. The van der Waals surface area contributed by atoms with Crippen LogP contribution in [-0.4, -0.2) is 33.8 Å². The van der Waals surface area contributed by atoms with Gasteiger partial charge in [0.2, 0.25) is 0 Å². The standard InChI is InChI=1S/C13H20N2O4S2/c1-5-19-13(16)10-9(14)11(21(4,17)18)12(20-10)15-7-6-8(2)3/h6,15H,5,7,14H2,1-4H3. The van der Waals surface area contributed by atoms with Crippen molar-refractivity contribution in [3.05, 3.63) is 16.5 Å². The Bertz CT molecular complexity index is 656. The summed E-state index contributed by atoms with van der Waals surface area (Å²) in [5.74, 6) is -0.611. The SMILES string of the molecule is CCOC(=O)c1sc(NCC=C(C)C)c(S(C)(=O)=O)c1N. The first-order valence-corrected chi connectivity index (χ1v) is 9.06. The van der Waals surface area contributed by atoms with Crippen LogP contribution in [0.25, 0.3) is 0 Å². The number of carbonyl (C=O) groups excluding carboxylic acids is 1. The average Bonchev–Trinajstić information content (AvgIpc) is 2.65. The first kappa shape index (κ1) is 17.5. The molecule has 1 rings (SSSR count). The van der Waals surface area contributed by atoms with Crippen molar-refractivity contribution in [2.45, 2.75) is 25.7 Å². The normalized spacial score (nSPS) is 11.0. The zero-order chi connectivity index (χ0) is 16.2. The minimum absolute atomic E-state index is 0.0438. The number of esters is 1. The molecule has 8 heteroatoms. The summed E-state index contributed by atoms with van der Waals surface area (Å²) in [6.07, 6.45) is 2.97. The molecule has 0 aliphatic rings. The monoisotopic (exact) mass is 332 g/mol. The molecule has 21 heavy (non-hydrogen) atoms. The van der Waals surface area contributed by atoms with E-state index < -0.39 is 15.8 Å². The Kier molecular flexibility index (Phi) is 5.79. The maximum absolute atomic E-state index is 11.9. The number of carbonyl (C=O) groups is 1. The highest BCUT2D eigenvalue weighted by Crippen LogP contribution is 2.39. The number of nitrogens with two attached hydrogens (primary N) is 1. The fourth-order valence-corrected chi connectivity index (χ4v) is 4.08. The number of nitrogens with one attached hydrogen (secondary N) is 1.